The average molecular weight is 272 g/mol. The summed E-state index contributed by atoms with van der Waals surface area (Å²) in [5, 5.41) is 0. The molecule has 4 heteroatoms. The van der Waals surface area contributed by atoms with Gasteiger partial charge in [0.05, 0.1) is 11.4 Å². The van der Waals surface area contributed by atoms with Crippen LogP contribution in [-0.4, -0.2) is 28.4 Å². The molecule has 0 aromatic carbocycles. The van der Waals surface area contributed by atoms with Gasteiger partial charge in [0, 0.05) is 24.6 Å². The van der Waals surface area contributed by atoms with Crippen LogP contribution in [0, 0.1) is 13.8 Å². The maximum Gasteiger partial charge on any atom is 0.150 e. The Morgan fingerprint density at radius 3 is 2.73 bits per heavy atom. The molecule has 0 spiro atoms. The molecule has 3 nitrogen and oxygen atoms in total. The highest BCUT2D eigenvalue weighted by atomic mass is 79.9. The maximum atomic E-state index is 4.50. The first-order valence-electron chi connectivity index (χ1n) is 5.16. The van der Waals surface area contributed by atoms with Gasteiger partial charge in [-0.3, -0.25) is 4.98 Å². The van der Waals surface area contributed by atoms with E-state index in [1.165, 1.54) is 0 Å². The van der Waals surface area contributed by atoms with Crippen molar-refractivity contribution < 1.29 is 0 Å². The van der Waals surface area contributed by atoms with Crippen molar-refractivity contribution in [2.24, 2.45) is 0 Å². The van der Waals surface area contributed by atoms with E-state index in [-0.39, 0.29) is 0 Å². The van der Waals surface area contributed by atoms with Gasteiger partial charge in [-0.2, -0.15) is 0 Å². The van der Waals surface area contributed by atoms with Gasteiger partial charge >= 0.3 is 0 Å². The van der Waals surface area contributed by atoms with Gasteiger partial charge in [0.15, 0.2) is 0 Å². The van der Waals surface area contributed by atoms with Crippen molar-refractivity contribution in [3.8, 4) is 0 Å². The van der Waals surface area contributed by atoms with Gasteiger partial charge in [0.2, 0.25) is 0 Å². The summed E-state index contributed by atoms with van der Waals surface area (Å²) in [5.74, 6) is 0.989. The third kappa shape index (κ3) is 3.78. The number of anilines is 1. The molecule has 15 heavy (non-hydrogen) atoms. The fourth-order valence-electron chi connectivity index (χ4n) is 1.36. The lowest BCUT2D eigenvalue weighted by Gasteiger charge is -2.20. The van der Waals surface area contributed by atoms with Crippen LogP contribution in [0.4, 0.5) is 5.82 Å². The second-order valence-electron chi connectivity index (χ2n) is 3.91. The van der Waals surface area contributed by atoms with Gasteiger partial charge in [-0.15, -0.1) is 0 Å². The zero-order valence-electron chi connectivity index (χ0n) is 9.79. The molecule has 0 fully saturated rings. The topological polar surface area (TPSA) is 29.0 Å². The quantitative estimate of drug-likeness (QED) is 0.789. The molecule has 0 aliphatic rings. The monoisotopic (exact) mass is 271 g/mol. The van der Waals surface area contributed by atoms with Gasteiger partial charge in [-0.25, -0.2) is 4.98 Å². The molecule has 0 aliphatic carbocycles. The van der Waals surface area contributed by atoms with Gasteiger partial charge < -0.3 is 4.90 Å². The third-order valence-electron chi connectivity index (χ3n) is 2.27. The van der Waals surface area contributed by atoms with Crippen LogP contribution in [0.25, 0.3) is 0 Å². The van der Waals surface area contributed by atoms with E-state index in [0.29, 0.717) is 4.83 Å². The molecule has 1 atom stereocenters. The second kappa shape index (κ2) is 5.45. The van der Waals surface area contributed by atoms with Crippen molar-refractivity contribution in [1.82, 2.24) is 9.97 Å². The average Bonchev–Trinajstić information content (AvgIpc) is 2.18. The summed E-state index contributed by atoms with van der Waals surface area (Å²) < 4.78 is 0. The number of alkyl halides is 1. The van der Waals surface area contributed by atoms with Crippen LogP contribution in [0.5, 0.6) is 0 Å². The fraction of sp³-hybridized carbons (Fsp3) is 0.636. The number of rotatable bonds is 4. The summed E-state index contributed by atoms with van der Waals surface area (Å²) >= 11 is 3.55. The van der Waals surface area contributed by atoms with Gasteiger partial charge in [-0.1, -0.05) is 22.9 Å². The molecule has 1 unspecified atom stereocenters. The van der Waals surface area contributed by atoms with Crippen molar-refractivity contribution >= 4 is 21.7 Å². The summed E-state index contributed by atoms with van der Waals surface area (Å²) in [6, 6.07) is 0. The van der Waals surface area contributed by atoms with E-state index in [4.69, 9.17) is 0 Å². The molecular weight excluding hydrogens is 254 g/mol. The zero-order chi connectivity index (χ0) is 11.4. The first kappa shape index (κ1) is 12.4. The van der Waals surface area contributed by atoms with E-state index in [0.717, 1.165) is 30.2 Å². The maximum absolute atomic E-state index is 4.50. The van der Waals surface area contributed by atoms with Crippen LogP contribution >= 0.6 is 15.9 Å². The van der Waals surface area contributed by atoms with E-state index in [1.54, 1.807) is 6.20 Å². The second-order valence-corrected chi connectivity index (χ2v) is 5.47. The molecule has 1 aromatic heterocycles. The minimum absolute atomic E-state index is 0.540. The highest BCUT2D eigenvalue weighted by Gasteiger charge is 2.08. The number of hydrogen-bond donors (Lipinski definition) is 0. The van der Waals surface area contributed by atoms with Gasteiger partial charge in [0.25, 0.3) is 0 Å². The van der Waals surface area contributed by atoms with E-state index >= 15 is 0 Å². The molecule has 1 aromatic rings. The molecule has 0 saturated heterocycles. The van der Waals surface area contributed by atoms with Crippen molar-refractivity contribution in [3.05, 3.63) is 17.6 Å². The number of halogens is 1. The first-order chi connectivity index (χ1) is 7.00. The summed E-state index contributed by atoms with van der Waals surface area (Å²) in [4.78, 5) is 11.5. The highest BCUT2D eigenvalue weighted by Crippen LogP contribution is 2.15. The third-order valence-corrected chi connectivity index (χ3v) is 2.73. The van der Waals surface area contributed by atoms with Crippen LogP contribution in [0.15, 0.2) is 6.20 Å². The smallest absolute Gasteiger partial charge is 0.150 e. The highest BCUT2D eigenvalue weighted by molar-refractivity contribution is 9.09. The molecule has 0 saturated carbocycles. The Morgan fingerprint density at radius 2 is 2.13 bits per heavy atom. The zero-order valence-corrected chi connectivity index (χ0v) is 11.4. The minimum atomic E-state index is 0.540. The Hall–Kier alpha value is -0.640. The lowest BCUT2D eigenvalue weighted by molar-refractivity contribution is 0.771. The summed E-state index contributed by atoms with van der Waals surface area (Å²) in [5.41, 5.74) is 1.96. The molecule has 0 N–H and O–H groups in total. The Balaban J connectivity index is 2.72. The van der Waals surface area contributed by atoms with E-state index < -0.39 is 0 Å². The summed E-state index contributed by atoms with van der Waals surface area (Å²) in [6.07, 6.45) is 2.91. The van der Waals surface area contributed by atoms with Crippen molar-refractivity contribution in [2.75, 3.05) is 18.5 Å². The fourth-order valence-corrected chi connectivity index (χ4v) is 1.57. The lowest BCUT2D eigenvalue weighted by atomic mass is 10.3. The molecule has 0 aliphatic heterocycles. The number of aryl methyl sites for hydroxylation is 2. The molecule has 0 amide bonds. The molecular formula is C11H18BrN3. The Morgan fingerprint density at radius 1 is 1.47 bits per heavy atom. The summed E-state index contributed by atoms with van der Waals surface area (Å²) in [7, 11) is 2.06. The number of hydrogen-bond acceptors (Lipinski definition) is 3. The molecule has 1 rings (SSSR count). The molecule has 0 radical (unpaired) electrons. The van der Waals surface area contributed by atoms with Gasteiger partial charge in [-0.05, 0) is 20.3 Å². The predicted octanol–water partition coefficient (Wildman–Crippen LogP) is 2.70. The molecule has 84 valence electrons. The first-order valence-corrected chi connectivity index (χ1v) is 6.07. The molecule has 0 bridgehead atoms. The Bertz CT molecular complexity index is 326. The Labute approximate surface area is 100 Å². The number of nitrogens with zero attached hydrogens (tertiary/aromatic N) is 3. The van der Waals surface area contributed by atoms with Crippen molar-refractivity contribution in [2.45, 2.75) is 32.0 Å². The minimum Gasteiger partial charge on any atom is -0.358 e. The van der Waals surface area contributed by atoms with Crippen molar-refractivity contribution in [1.29, 1.82) is 0 Å². The number of aromatic nitrogens is 2. The van der Waals surface area contributed by atoms with Crippen molar-refractivity contribution in [3.63, 3.8) is 0 Å². The van der Waals surface area contributed by atoms with Gasteiger partial charge in [0.1, 0.15) is 5.82 Å². The summed E-state index contributed by atoms with van der Waals surface area (Å²) in [6.45, 7) is 7.11. The van der Waals surface area contributed by atoms with Crippen LogP contribution < -0.4 is 4.90 Å². The van der Waals surface area contributed by atoms with Crippen LogP contribution in [-0.2, 0) is 0 Å². The SMILES string of the molecule is Cc1cnc(C)c(N(C)CCC(C)Br)n1. The van der Waals surface area contributed by atoms with Crippen LogP contribution in [0.1, 0.15) is 24.7 Å². The predicted molar refractivity (Wildman–Crippen MR) is 67.8 cm³/mol. The lowest BCUT2D eigenvalue weighted by Crippen LogP contribution is -2.23. The van der Waals surface area contributed by atoms with Crippen LogP contribution in [0.3, 0.4) is 0 Å². The van der Waals surface area contributed by atoms with E-state index in [2.05, 4.69) is 44.8 Å². The van der Waals surface area contributed by atoms with E-state index in [1.807, 2.05) is 13.8 Å². The van der Waals surface area contributed by atoms with E-state index in [9.17, 15) is 0 Å². The molecule has 1 heterocycles. The standard InChI is InChI=1S/C11H18BrN3/c1-8(12)5-6-15(4)11-10(3)13-7-9(2)14-11/h7-8H,5-6H2,1-4H3. The van der Waals surface area contributed by atoms with Crippen LogP contribution in [0.2, 0.25) is 0 Å². The normalized spacial score (nSPS) is 12.6. The Kier molecular flexibility index (Phi) is 4.51. The largest absolute Gasteiger partial charge is 0.358 e.